The molecule has 0 heterocycles. The zero-order valence-corrected chi connectivity index (χ0v) is 17.2. The molecule has 0 spiro atoms. The van der Waals surface area contributed by atoms with Crippen molar-refractivity contribution in [3.63, 3.8) is 0 Å². The van der Waals surface area contributed by atoms with Crippen LogP contribution in [0.5, 0.6) is 0 Å². The van der Waals surface area contributed by atoms with Crippen molar-refractivity contribution in [3.8, 4) is 0 Å². The Morgan fingerprint density at radius 1 is 1.12 bits per heavy atom. The van der Waals surface area contributed by atoms with E-state index in [0.717, 1.165) is 12.0 Å². The number of halogens is 1. The summed E-state index contributed by atoms with van der Waals surface area (Å²) >= 11 is 5.92. The van der Waals surface area contributed by atoms with Crippen LogP contribution in [-0.2, 0) is 20.9 Å². The van der Waals surface area contributed by atoms with E-state index in [1.165, 1.54) is 0 Å². The number of nitrogens with one attached hydrogen (secondary N) is 1. The van der Waals surface area contributed by atoms with Gasteiger partial charge in [-0.1, -0.05) is 37.6 Å². The molecule has 1 rings (SSSR count). The largest absolute Gasteiger partial charge is 0.379 e. The van der Waals surface area contributed by atoms with E-state index in [2.05, 4.69) is 5.32 Å². The van der Waals surface area contributed by atoms with E-state index in [0.29, 0.717) is 24.7 Å². The molecule has 1 aromatic carbocycles. The van der Waals surface area contributed by atoms with Gasteiger partial charge in [0.25, 0.3) is 0 Å². The lowest BCUT2D eigenvalue weighted by molar-refractivity contribution is -0.143. The summed E-state index contributed by atoms with van der Waals surface area (Å²) < 4.78 is 5.46. The van der Waals surface area contributed by atoms with Crippen LogP contribution in [0.1, 0.15) is 46.6 Å². The van der Waals surface area contributed by atoms with Gasteiger partial charge in [0.2, 0.25) is 11.8 Å². The van der Waals surface area contributed by atoms with Crippen LogP contribution in [0.3, 0.4) is 0 Å². The number of carbonyl (C=O) groups excluding carboxylic acids is 2. The van der Waals surface area contributed by atoms with Crippen LogP contribution in [0, 0.1) is 5.92 Å². The first-order chi connectivity index (χ1) is 12.2. The molecule has 0 saturated carbocycles. The summed E-state index contributed by atoms with van der Waals surface area (Å²) in [5.41, 5.74) is 0.938. The second-order valence-electron chi connectivity index (χ2n) is 6.99. The van der Waals surface area contributed by atoms with Crippen molar-refractivity contribution >= 4 is 23.4 Å². The lowest BCUT2D eigenvalue weighted by Gasteiger charge is -2.30. The molecule has 0 bridgehead atoms. The molecule has 1 aromatic rings. The van der Waals surface area contributed by atoms with Gasteiger partial charge in [-0.2, -0.15) is 0 Å². The highest BCUT2D eigenvalue weighted by Crippen LogP contribution is 2.15. The number of carbonyl (C=O) groups is 2. The topological polar surface area (TPSA) is 58.6 Å². The number of hydrogen-bond donors (Lipinski definition) is 1. The fraction of sp³-hybridized carbons (Fsp3) is 0.600. The maximum atomic E-state index is 12.6. The second kappa shape index (κ2) is 11.2. The van der Waals surface area contributed by atoms with Gasteiger partial charge >= 0.3 is 0 Å². The normalized spacial score (nSPS) is 12.3. The number of hydrogen-bond acceptors (Lipinski definition) is 3. The average molecular weight is 383 g/mol. The number of ether oxygens (including phenoxy) is 1. The molecule has 6 heteroatoms. The van der Waals surface area contributed by atoms with Crippen molar-refractivity contribution < 1.29 is 14.3 Å². The predicted octanol–water partition coefficient (Wildman–Crippen LogP) is 3.64. The van der Waals surface area contributed by atoms with Crippen LogP contribution in [0.25, 0.3) is 0 Å². The van der Waals surface area contributed by atoms with Gasteiger partial charge < -0.3 is 15.0 Å². The summed E-state index contributed by atoms with van der Waals surface area (Å²) in [6, 6.07) is 6.77. The smallest absolute Gasteiger partial charge is 0.242 e. The van der Waals surface area contributed by atoms with Crippen LogP contribution in [0.2, 0.25) is 5.02 Å². The van der Waals surface area contributed by atoms with E-state index < -0.39 is 6.04 Å². The third kappa shape index (κ3) is 7.75. The van der Waals surface area contributed by atoms with Crippen LogP contribution in [0.4, 0.5) is 0 Å². The predicted molar refractivity (Wildman–Crippen MR) is 105 cm³/mol. The van der Waals surface area contributed by atoms with Crippen LogP contribution in [0.15, 0.2) is 24.3 Å². The van der Waals surface area contributed by atoms with Crippen LogP contribution in [-0.4, -0.2) is 42.0 Å². The minimum atomic E-state index is -0.549. The van der Waals surface area contributed by atoms with Crippen molar-refractivity contribution in [2.24, 2.45) is 5.92 Å². The minimum absolute atomic E-state index is 0.0502. The fourth-order valence-corrected chi connectivity index (χ4v) is 2.54. The Balaban J connectivity index is 2.68. The number of benzene rings is 1. The van der Waals surface area contributed by atoms with E-state index in [-0.39, 0.29) is 23.8 Å². The Labute approximate surface area is 162 Å². The zero-order chi connectivity index (χ0) is 19.7. The summed E-state index contributed by atoms with van der Waals surface area (Å²) in [7, 11) is 0. The molecule has 0 fully saturated rings. The zero-order valence-electron chi connectivity index (χ0n) is 16.4. The molecule has 0 aromatic heterocycles. The summed E-state index contributed by atoms with van der Waals surface area (Å²) in [5.74, 6) is -0.389. The Hall–Kier alpha value is -1.59. The molecule has 146 valence electrons. The summed E-state index contributed by atoms with van der Waals surface area (Å²) in [6.07, 6.45) is 0.925. The highest BCUT2D eigenvalue weighted by atomic mass is 35.5. The number of nitrogens with zero attached hydrogens (tertiary/aromatic N) is 1. The average Bonchev–Trinajstić information content (AvgIpc) is 2.59. The first-order valence-corrected chi connectivity index (χ1v) is 9.54. The molecule has 2 amide bonds. The van der Waals surface area contributed by atoms with Crippen molar-refractivity contribution in [1.82, 2.24) is 10.2 Å². The van der Waals surface area contributed by atoms with Crippen LogP contribution < -0.4 is 5.32 Å². The van der Waals surface area contributed by atoms with Crippen LogP contribution >= 0.6 is 11.6 Å². The van der Waals surface area contributed by atoms with Gasteiger partial charge in [0.15, 0.2) is 0 Å². The van der Waals surface area contributed by atoms with Gasteiger partial charge in [-0.15, -0.1) is 0 Å². The van der Waals surface area contributed by atoms with E-state index in [4.69, 9.17) is 16.3 Å². The summed E-state index contributed by atoms with van der Waals surface area (Å²) in [5, 5.41) is 3.53. The third-order valence-corrected chi connectivity index (χ3v) is 4.21. The van der Waals surface area contributed by atoms with Crippen molar-refractivity contribution in [3.05, 3.63) is 34.9 Å². The van der Waals surface area contributed by atoms with E-state index in [1.54, 1.807) is 24.0 Å². The molecule has 0 aliphatic heterocycles. The van der Waals surface area contributed by atoms with E-state index in [1.807, 2.05) is 39.8 Å². The minimum Gasteiger partial charge on any atom is -0.379 e. The highest BCUT2D eigenvalue weighted by molar-refractivity contribution is 6.30. The molecule has 5 nitrogen and oxygen atoms in total. The first-order valence-electron chi connectivity index (χ1n) is 9.16. The second-order valence-corrected chi connectivity index (χ2v) is 7.42. The fourth-order valence-electron chi connectivity index (χ4n) is 2.42. The van der Waals surface area contributed by atoms with Gasteiger partial charge in [-0.3, -0.25) is 9.59 Å². The summed E-state index contributed by atoms with van der Waals surface area (Å²) in [4.78, 5) is 26.7. The molecule has 0 aliphatic carbocycles. The van der Waals surface area contributed by atoms with Gasteiger partial charge in [-0.25, -0.2) is 0 Å². The van der Waals surface area contributed by atoms with E-state index in [9.17, 15) is 9.59 Å². The lowest BCUT2D eigenvalue weighted by atomic mass is 10.1. The number of rotatable bonds is 10. The molecular formula is C20H31ClN2O3. The molecule has 0 aliphatic rings. The molecule has 0 saturated heterocycles. The standard InChI is InChI=1S/C20H31ClN2O3/c1-14(2)20(25)23(13-17-7-9-18(21)10-8-17)16(5)19(24)22-11-6-12-26-15(3)4/h7-10,14-16H,6,11-13H2,1-5H3,(H,22,24). The Morgan fingerprint density at radius 2 is 1.73 bits per heavy atom. The van der Waals surface area contributed by atoms with Gasteiger partial charge in [0.05, 0.1) is 6.10 Å². The van der Waals surface area contributed by atoms with Crippen molar-refractivity contribution in [2.45, 2.75) is 59.7 Å². The van der Waals surface area contributed by atoms with Crippen molar-refractivity contribution in [2.75, 3.05) is 13.2 Å². The maximum absolute atomic E-state index is 12.6. The van der Waals surface area contributed by atoms with Gasteiger partial charge in [-0.05, 0) is 44.9 Å². The molecule has 1 atom stereocenters. The Bertz CT molecular complexity index is 573. The molecular weight excluding hydrogens is 352 g/mol. The van der Waals surface area contributed by atoms with E-state index >= 15 is 0 Å². The Morgan fingerprint density at radius 3 is 2.27 bits per heavy atom. The summed E-state index contributed by atoms with van der Waals surface area (Å²) in [6.45, 7) is 10.9. The van der Waals surface area contributed by atoms with Gasteiger partial charge in [0.1, 0.15) is 6.04 Å². The lowest BCUT2D eigenvalue weighted by Crippen LogP contribution is -2.49. The molecule has 26 heavy (non-hydrogen) atoms. The highest BCUT2D eigenvalue weighted by Gasteiger charge is 2.27. The SMILES string of the molecule is CC(C)OCCCNC(=O)C(C)N(Cc1ccc(Cl)cc1)C(=O)C(C)C. The molecule has 0 radical (unpaired) electrons. The monoisotopic (exact) mass is 382 g/mol. The first kappa shape index (κ1) is 22.5. The molecule has 1 N–H and O–H groups in total. The number of amides is 2. The Kier molecular flexibility index (Phi) is 9.66. The maximum Gasteiger partial charge on any atom is 0.242 e. The third-order valence-electron chi connectivity index (χ3n) is 3.96. The van der Waals surface area contributed by atoms with Crippen molar-refractivity contribution in [1.29, 1.82) is 0 Å². The molecule has 1 unspecified atom stereocenters. The van der Waals surface area contributed by atoms with Gasteiger partial charge in [0, 0.05) is 30.6 Å². The quantitative estimate of drug-likeness (QED) is 0.628.